The summed E-state index contributed by atoms with van der Waals surface area (Å²) in [5.41, 5.74) is 0.556. The second kappa shape index (κ2) is 5.34. The van der Waals surface area contributed by atoms with Crippen LogP contribution < -0.4 is 0 Å². The van der Waals surface area contributed by atoms with E-state index in [0.29, 0.717) is 18.5 Å². The molecule has 1 atom stereocenters. The summed E-state index contributed by atoms with van der Waals surface area (Å²) in [5.74, 6) is -0.533. The van der Waals surface area contributed by atoms with E-state index in [-0.39, 0.29) is 24.2 Å². The SMILES string of the molecule is O=S(=O)(Cc1ccc(F)cc1)N1CCC[C@H]1CO. The second-order valence-electron chi connectivity index (χ2n) is 4.47. The van der Waals surface area contributed by atoms with Crippen molar-refractivity contribution >= 4 is 10.0 Å². The van der Waals surface area contributed by atoms with Crippen LogP contribution in [0.15, 0.2) is 24.3 Å². The minimum Gasteiger partial charge on any atom is -0.395 e. The highest BCUT2D eigenvalue weighted by atomic mass is 32.2. The van der Waals surface area contributed by atoms with Crippen LogP contribution in [0.1, 0.15) is 18.4 Å². The highest BCUT2D eigenvalue weighted by molar-refractivity contribution is 7.88. The van der Waals surface area contributed by atoms with Gasteiger partial charge in [-0.25, -0.2) is 12.8 Å². The van der Waals surface area contributed by atoms with Crippen molar-refractivity contribution in [1.29, 1.82) is 0 Å². The number of aliphatic hydroxyl groups excluding tert-OH is 1. The molecule has 0 amide bonds. The van der Waals surface area contributed by atoms with Crippen LogP contribution in [0.2, 0.25) is 0 Å². The van der Waals surface area contributed by atoms with E-state index in [1.54, 1.807) is 0 Å². The molecule has 0 aliphatic carbocycles. The van der Waals surface area contributed by atoms with Gasteiger partial charge in [0.2, 0.25) is 10.0 Å². The Morgan fingerprint density at radius 3 is 2.61 bits per heavy atom. The van der Waals surface area contributed by atoms with E-state index in [0.717, 1.165) is 6.42 Å². The molecule has 1 saturated heterocycles. The molecule has 1 aromatic rings. The number of rotatable bonds is 4. The molecule has 0 spiro atoms. The zero-order valence-electron chi connectivity index (χ0n) is 9.92. The fraction of sp³-hybridized carbons (Fsp3) is 0.500. The van der Waals surface area contributed by atoms with Crippen molar-refractivity contribution in [2.24, 2.45) is 0 Å². The summed E-state index contributed by atoms with van der Waals surface area (Å²) in [4.78, 5) is 0. The van der Waals surface area contributed by atoms with Crippen molar-refractivity contribution in [2.75, 3.05) is 13.2 Å². The Labute approximate surface area is 106 Å². The van der Waals surface area contributed by atoms with Gasteiger partial charge in [0.1, 0.15) is 5.82 Å². The van der Waals surface area contributed by atoms with Crippen LogP contribution in [0.4, 0.5) is 4.39 Å². The summed E-state index contributed by atoms with van der Waals surface area (Å²) < 4.78 is 38.5. The lowest BCUT2D eigenvalue weighted by Crippen LogP contribution is -2.38. The van der Waals surface area contributed by atoms with Gasteiger partial charge in [0.05, 0.1) is 12.4 Å². The third-order valence-electron chi connectivity index (χ3n) is 3.15. The van der Waals surface area contributed by atoms with Crippen molar-refractivity contribution in [2.45, 2.75) is 24.6 Å². The minimum atomic E-state index is -3.44. The Kier molecular flexibility index (Phi) is 3.99. The molecule has 1 aliphatic rings. The van der Waals surface area contributed by atoms with Crippen LogP contribution >= 0.6 is 0 Å². The number of benzene rings is 1. The van der Waals surface area contributed by atoms with E-state index in [1.165, 1.54) is 28.6 Å². The maximum absolute atomic E-state index is 12.7. The first-order valence-electron chi connectivity index (χ1n) is 5.88. The first-order chi connectivity index (χ1) is 8.53. The van der Waals surface area contributed by atoms with E-state index in [9.17, 15) is 12.8 Å². The maximum atomic E-state index is 12.7. The van der Waals surface area contributed by atoms with Crippen LogP contribution in [-0.2, 0) is 15.8 Å². The van der Waals surface area contributed by atoms with E-state index >= 15 is 0 Å². The molecule has 1 aromatic carbocycles. The number of aliphatic hydroxyl groups is 1. The van der Waals surface area contributed by atoms with Gasteiger partial charge in [-0.2, -0.15) is 4.31 Å². The van der Waals surface area contributed by atoms with E-state index < -0.39 is 10.0 Å². The summed E-state index contributed by atoms with van der Waals surface area (Å²) in [5, 5.41) is 9.15. The number of hydrogen-bond acceptors (Lipinski definition) is 3. The van der Waals surface area contributed by atoms with Crippen LogP contribution in [0.25, 0.3) is 0 Å². The summed E-state index contributed by atoms with van der Waals surface area (Å²) in [6.07, 6.45) is 1.47. The molecule has 2 rings (SSSR count). The molecule has 1 heterocycles. The summed E-state index contributed by atoms with van der Waals surface area (Å²) >= 11 is 0. The first-order valence-corrected chi connectivity index (χ1v) is 7.48. The maximum Gasteiger partial charge on any atom is 0.218 e. The second-order valence-corrected chi connectivity index (χ2v) is 6.39. The van der Waals surface area contributed by atoms with E-state index in [4.69, 9.17) is 5.11 Å². The Balaban J connectivity index is 2.14. The fourth-order valence-corrected chi connectivity index (χ4v) is 4.05. The largest absolute Gasteiger partial charge is 0.395 e. The number of hydrogen-bond donors (Lipinski definition) is 1. The first kappa shape index (κ1) is 13.5. The van der Waals surface area contributed by atoms with Gasteiger partial charge in [-0.15, -0.1) is 0 Å². The Hall–Kier alpha value is -0.980. The lowest BCUT2D eigenvalue weighted by atomic mass is 10.2. The third-order valence-corrected chi connectivity index (χ3v) is 5.05. The minimum absolute atomic E-state index is 0.149. The predicted octanol–water partition coefficient (Wildman–Crippen LogP) is 1.11. The highest BCUT2D eigenvalue weighted by Crippen LogP contribution is 2.23. The Morgan fingerprint density at radius 1 is 1.33 bits per heavy atom. The molecule has 0 saturated carbocycles. The van der Waals surface area contributed by atoms with Gasteiger partial charge >= 0.3 is 0 Å². The Morgan fingerprint density at radius 2 is 2.00 bits per heavy atom. The summed E-state index contributed by atoms with van der Waals surface area (Å²) in [6.45, 7) is 0.303. The topological polar surface area (TPSA) is 57.6 Å². The Bertz CT molecular complexity index is 501. The molecular formula is C12H16FNO3S. The molecule has 1 aliphatic heterocycles. The van der Waals surface area contributed by atoms with Gasteiger partial charge in [-0.1, -0.05) is 12.1 Å². The number of sulfonamides is 1. The monoisotopic (exact) mass is 273 g/mol. The van der Waals surface area contributed by atoms with Gasteiger partial charge in [-0.05, 0) is 30.5 Å². The number of halogens is 1. The lowest BCUT2D eigenvalue weighted by Gasteiger charge is -2.22. The van der Waals surface area contributed by atoms with E-state index in [2.05, 4.69) is 0 Å². The fourth-order valence-electron chi connectivity index (χ4n) is 2.23. The summed E-state index contributed by atoms with van der Waals surface area (Å²) in [6, 6.07) is 5.13. The van der Waals surface area contributed by atoms with Crippen LogP contribution in [0.3, 0.4) is 0 Å². The zero-order chi connectivity index (χ0) is 13.2. The van der Waals surface area contributed by atoms with Crippen molar-refractivity contribution in [3.05, 3.63) is 35.6 Å². The van der Waals surface area contributed by atoms with Crippen LogP contribution in [-0.4, -0.2) is 37.0 Å². The normalized spacial score (nSPS) is 21.3. The van der Waals surface area contributed by atoms with Crippen molar-refractivity contribution in [1.82, 2.24) is 4.31 Å². The molecular weight excluding hydrogens is 257 g/mol. The molecule has 0 aromatic heterocycles. The lowest BCUT2D eigenvalue weighted by molar-refractivity contribution is 0.213. The van der Waals surface area contributed by atoms with Gasteiger partial charge in [0, 0.05) is 12.6 Å². The van der Waals surface area contributed by atoms with Crippen LogP contribution in [0.5, 0.6) is 0 Å². The molecule has 1 fully saturated rings. The highest BCUT2D eigenvalue weighted by Gasteiger charge is 2.33. The number of nitrogens with zero attached hydrogens (tertiary/aromatic N) is 1. The average Bonchev–Trinajstić information content (AvgIpc) is 2.81. The zero-order valence-corrected chi connectivity index (χ0v) is 10.7. The molecule has 0 unspecified atom stereocenters. The van der Waals surface area contributed by atoms with Gasteiger partial charge in [0.15, 0.2) is 0 Å². The molecule has 6 heteroatoms. The summed E-state index contributed by atoms with van der Waals surface area (Å²) in [7, 11) is -3.44. The van der Waals surface area contributed by atoms with Gasteiger partial charge in [0.25, 0.3) is 0 Å². The quantitative estimate of drug-likeness (QED) is 0.894. The van der Waals surface area contributed by atoms with Crippen molar-refractivity contribution < 1.29 is 17.9 Å². The molecule has 0 radical (unpaired) electrons. The molecule has 1 N–H and O–H groups in total. The van der Waals surface area contributed by atoms with Gasteiger partial charge < -0.3 is 5.11 Å². The molecule has 18 heavy (non-hydrogen) atoms. The van der Waals surface area contributed by atoms with Crippen LogP contribution in [0, 0.1) is 5.82 Å². The van der Waals surface area contributed by atoms with Crippen molar-refractivity contribution in [3.63, 3.8) is 0 Å². The third kappa shape index (κ3) is 2.88. The van der Waals surface area contributed by atoms with Crippen molar-refractivity contribution in [3.8, 4) is 0 Å². The van der Waals surface area contributed by atoms with E-state index in [1.807, 2.05) is 0 Å². The molecule has 4 nitrogen and oxygen atoms in total. The van der Waals surface area contributed by atoms with Gasteiger partial charge in [-0.3, -0.25) is 0 Å². The average molecular weight is 273 g/mol. The predicted molar refractivity (Wildman–Crippen MR) is 65.8 cm³/mol. The standard InChI is InChI=1S/C12H16FNO3S/c13-11-5-3-10(4-6-11)9-18(16,17)14-7-1-2-12(14)8-15/h3-6,12,15H,1-2,7-9H2/t12-/m0/s1. The molecule has 0 bridgehead atoms. The smallest absolute Gasteiger partial charge is 0.218 e. The molecule has 100 valence electrons.